The molecule has 28 heavy (non-hydrogen) atoms. The molecule has 0 saturated heterocycles. The molecular formula is C19H19N5O2S2. The molecule has 0 saturated carbocycles. The Morgan fingerprint density at radius 2 is 2.04 bits per heavy atom. The molecule has 0 aliphatic carbocycles. The van der Waals surface area contributed by atoms with E-state index in [0.29, 0.717) is 17.9 Å². The van der Waals surface area contributed by atoms with E-state index < -0.39 is 10.0 Å². The zero-order valence-electron chi connectivity index (χ0n) is 15.4. The van der Waals surface area contributed by atoms with Gasteiger partial charge in [-0.3, -0.25) is 0 Å². The number of rotatable bonds is 6. The molecule has 0 fully saturated rings. The summed E-state index contributed by atoms with van der Waals surface area (Å²) in [6.07, 6.45) is 3.55. The second kappa shape index (κ2) is 7.34. The van der Waals surface area contributed by atoms with Gasteiger partial charge in [0, 0.05) is 25.4 Å². The van der Waals surface area contributed by atoms with Crippen LogP contribution in [0.2, 0.25) is 0 Å². The average molecular weight is 414 g/mol. The van der Waals surface area contributed by atoms with Gasteiger partial charge < -0.3 is 9.88 Å². The Kier molecular flexibility index (Phi) is 4.88. The fraction of sp³-hybridized carbons (Fsp3) is 0.158. The van der Waals surface area contributed by atoms with Crippen LogP contribution in [-0.4, -0.2) is 30.0 Å². The number of benzene rings is 2. The largest absolute Gasteiger partial charge is 0.379 e. The standard InChI is InChI=1S/C19H19N5O2S2/c1-20-28(25,26)18-5-3-4-14(16-10-24(2)11-22-16)19(18)21-9-13-6-7-17-15(8-13)23-12-27-17/h3-8,10-12,20-21H,9H2,1-2H3. The molecule has 0 unspecified atom stereocenters. The van der Waals surface area contributed by atoms with Gasteiger partial charge >= 0.3 is 0 Å². The summed E-state index contributed by atoms with van der Waals surface area (Å²) < 4.78 is 30.5. The number of thiazole rings is 1. The molecule has 7 nitrogen and oxygen atoms in total. The molecule has 2 heterocycles. The van der Waals surface area contributed by atoms with E-state index in [9.17, 15) is 8.42 Å². The van der Waals surface area contributed by atoms with Gasteiger partial charge in [-0.15, -0.1) is 11.3 Å². The summed E-state index contributed by atoms with van der Waals surface area (Å²) >= 11 is 1.59. The minimum absolute atomic E-state index is 0.188. The van der Waals surface area contributed by atoms with Crippen LogP contribution in [0.15, 0.2) is 59.3 Å². The highest BCUT2D eigenvalue weighted by molar-refractivity contribution is 7.89. The van der Waals surface area contributed by atoms with Crippen LogP contribution in [0.25, 0.3) is 21.5 Å². The van der Waals surface area contributed by atoms with Crippen molar-refractivity contribution in [1.29, 1.82) is 0 Å². The Labute approximate surface area is 167 Å². The molecule has 0 aliphatic rings. The molecule has 2 aromatic heterocycles. The lowest BCUT2D eigenvalue weighted by Crippen LogP contribution is -2.20. The summed E-state index contributed by atoms with van der Waals surface area (Å²) in [4.78, 5) is 8.92. The Morgan fingerprint density at radius 1 is 1.18 bits per heavy atom. The first-order chi connectivity index (χ1) is 13.5. The van der Waals surface area contributed by atoms with Crippen LogP contribution < -0.4 is 10.0 Å². The first kappa shape index (κ1) is 18.6. The van der Waals surface area contributed by atoms with Crippen molar-refractivity contribution >= 4 is 37.3 Å². The third-order valence-corrected chi connectivity index (χ3v) is 6.70. The smallest absolute Gasteiger partial charge is 0.242 e. The van der Waals surface area contributed by atoms with Crippen molar-refractivity contribution in [1.82, 2.24) is 19.3 Å². The number of sulfonamides is 1. The minimum Gasteiger partial charge on any atom is -0.379 e. The lowest BCUT2D eigenvalue weighted by Gasteiger charge is -2.16. The van der Waals surface area contributed by atoms with Gasteiger partial charge in [0.2, 0.25) is 10.0 Å². The number of nitrogens with one attached hydrogen (secondary N) is 2. The number of aromatic nitrogens is 3. The molecule has 0 spiro atoms. The molecule has 0 atom stereocenters. The minimum atomic E-state index is -3.64. The van der Waals surface area contributed by atoms with E-state index in [0.717, 1.165) is 21.3 Å². The summed E-state index contributed by atoms with van der Waals surface area (Å²) in [6.45, 7) is 0.462. The van der Waals surface area contributed by atoms with Gasteiger partial charge in [0.25, 0.3) is 0 Å². The number of para-hydroxylation sites is 1. The number of anilines is 1. The summed E-state index contributed by atoms with van der Waals surface area (Å²) in [6, 6.07) is 11.2. The molecular weight excluding hydrogens is 394 g/mol. The average Bonchev–Trinajstić information content (AvgIpc) is 3.34. The summed E-state index contributed by atoms with van der Waals surface area (Å²) in [5.74, 6) is 0. The molecule has 4 aromatic rings. The fourth-order valence-corrected chi connectivity index (χ4v) is 4.60. The van der Waals surface area contributed by atoms with Crippen molar-refractivity contribution in [2.45, 2.75) is 11.4 Å². The van der Waals surface area contributed by atoms with Crippen molar-refractivity contribution in [2.75, 3.05) is 12.4 Å². The van der Waals surface area contributed by atoms with Crippen molar-refractivity contribution < 1.29 is 8.42 Å². The maximum atomic E-state index is 12.6. The van der Waals surface area contributed by atoms with Crippen LogP contribution in [0.1, 0.15) is 5.56 Å². The highest BCUT2D eigenvalue weighted by atomic mass is 32.2. The lowest BCUT2D eigenvalue weighted by molar-refractivity contribution is 0.588. The molecule has 0 radical (unpaired) electrons. The van der Waals surface area contributed by atoms with E-state index in [1.54, 1.807) is 29.8 Å². The third-order valence-electron chi connectivity index (χ3n) is 4.43. The molecule has 0 amide bonds. The Hall–Kier alpha value is -2.75. The van der Waals surface area contributed by atoms with Crippen LogP contribution >= 0.6 is 11.3 Å². The van der Waals surface area contributed by atoms with Gasteiger partial charge in [-0.2, -0.15) is 0 Å². The number of aryl methyl sites for hydroxylation is 1. The van der Waals surface area contributed by atoms with E-state index in [-0.39, 0.29) is 4.90 Å². The van der Waals surface area contributed by atoms with E-state index in [2.05, 4.69) is 20.0 Å². The predicted octanol–water partition coefficient (Wildman–Crippen LogP) is 3.22. The van der Waals surface area contributed by atoms with E-state index >= 15 is 0 Å². The number of imidazole rings is 1. The zero-order valence-corrected chi connectivity index (χ0v) is 17.0. The zero-order chi connectivity index (χ0) is 19.7. The highest BCUT2D eigenvalue weighted by Crippen LogP contribution is 2.33. The monoisotopic (exact) mass is 413 g/mol. The van der Waals surface area contributed by atoms with Crippen LogP contribution in [0.3, 0.4) is 0 Å². The van der Waals surface area contributed by atoms with Gasteiger partial charge in [-0.05, 0) is 30.8 Å². The van der Waals surface area contributed by atoms with Gasteiger partial charge in [-0.1, -0.05) is 18.2 Å². The predicted molar refractivity (Wildman–Crippen MR) is 112 cm³/mol. The molecule has 2 N–H and O–H groups in total. The van der Waals surface area contributed by atoms with Gasteiger partial charge in [0.15, 0.2) is 0 Å². The Balaban J connectivity index is 1.76. The second-order valence-corrected chi connectivity index (χ2v) is 9.06. The van der Waals surface area contributed by atoms with E-state index in [1.807, 2.05) is 47.6 Å². The summed E-state index contributed by atoms with van der Waals surface area (Å²) in [5, 5.41) is 3.31. The molecule has 0 bridgehead atoms. The summed E-state index contributed by atoms with van der Waals surface area (Å²) in [7, 11) is -0.359. The second-order valence-electron chi connectivity index (χ2n) is 6.32. The quantitative estimate of drug-likeness (QED) is 0.507. The van der Waals surface area contributed by atoms with Crippen LogP contribution in [0, 0.1) is 0 Å². The number of hydrogen-bond acceptors (Lipinski definition) is 6. The normalized spacial score (nSPS) is 11.8. The third kappa shape index (κ3) is 3.51. The van der Waals surface area contributed by atoms with Gasteiger partial charge in [0.1, 0.15) is 4.90 Å². The highest BCUT2D eigenvalue weighted by Gasteiger charge is 2.21. The molecule has 144 valence electrons. The topological polar surface area (TPSA) is 88.9 Å². The van der Waals surface area contributed by atoms with Gasteiger partial charge in [-0.25, -0.2) is 23.1 Å². The van der Waals surface area contributed by atoms with Crippen LogP contribution in [0.5, 0.6) is 0 Å². The first-order valence-electron chi connectivity index (χ1n) is 8.59. The van der Waals surface area contributed by atoms with Gasteiger partial charge in [0.05, 0.1) is 33.4 Å². The Bertz CT molecular complexity index is 1240. The SMILES string of the molecule is CNS(=O)(=O)c1cccc(-c2cn(C)cn2)c1NCc1ccc2scnc2c1. The Morgan fingerprint density at radius 3 is 2.79 bits per heavy atom. The fourth-order valence-electron chi connectivity index (χ4n) is 3.02. The van der Waals surface area contributed by atoms with Crippen molar-refractivity contribution in [3.8, 4) is 11.3 Å². The number of nitrogens with zero attached hydrogens (tertiary/aromatic N) is 3. The van der Waals surface area contributed by atoms with E-state index in [4.69, 9.17) is 0 Å². The first-order valence-corrected chi connectivity index (χ1v) is 10.9. The van der Waals surface area contributed by atoms with Crippen molar-refractivity contribution in [2.24, 2.45) is 7.05 Å². The maximum Gasteiger partial charge on any atom is 0.242 e. The van der Waals surface area contributed by atoms with E-state index in [1.165, 1.54) is 7.05 Å². The van der Waals surface area contributed by atoms with Crippen molar-refractivity contribution in [3.63, 3.8) is 0 Å². The van der Waals surface area contributed by atoms with Crippen LogP contribution in [-0.2, 0) is 23.6 Å². The molecule has 2 aromatic carbocycles. The lowest BCUT2D eigenvalue weighted by atomic mass is 10.1. The molecule has 4 rings (SSSR count). The molecule has 9 heteroatoms. The van der Waals surface area contributed by atoms with Crippen molar-refractivity contribution in [3.05, 3.63) is 60.0 Å². The number of hydrogen-bond donors (Lipinski definition) is 2. The molecule has 0 aliphatic heterocycles. The summed E-state index contributed by atoms with van der Waals surface area (Å²) in [5.41, 5.74) is 5.72. The maximum absolute atomic E-state index is 12.6. The van der Waals surface area contributed by atoms with Crippen LogP contribution in [0.4, 0.5) is 5.69 Å². The number of fused-ring (bicyclic) bond motifs is 1.